The van der Waals surface area contributed by atoms with Crippen molar-refractivity contribution in [3.63, 3.8) is 0 Å². The molecule has 10 heteroatoms. The van der Waals surface area contributed by atoms with E-state index in [9.17, 15) is 26.3 Å². The molecule has 1 aromatic carbocycles. The largest absolute Gasteiger partial charge is 0.416 e. The molecule has 0 radical (unpaired) electrons. The molecule has 1 saturated carbocycles. The highest BCUT2D eigenvalue weighted by Crippen LogP contribution is 2.37. The SMILES string of the molecule is CN(C)C1CCCCC1NC(=S)Nc1cc(C(F)(F)F)cc(C(F)(F)F)c1. The van der Waals surface area contributed by atoms with Gasteiger partial charge in [0.25, 0.3) is 0 Å². The second-order valence-corrected chi connectivity index (χ2v) is 7.22. The number of nitrogens with zero attached hydrogens (tertiary/aromatic N) is 1. The van der Waals surface area contributed by atoms with Crippen molar-refractivity contribution in [1.82, 2.24) is 10.2 Å². The normalized spacial score (nSPS) is 21.2. The van der Waals surface area contributed by atoms with Crippen LogP contribution in [0.5, 0.6) is 0 Å². The Morgan fingerprint density at radius 2 is 1.48 bits per heavy atom. The van der Waals surface area contributed by atoms with Gasteiger partial charge in [0.1, 0.15) is 0 Å². The maximum absolute atomic E-state index is 12.9. The van der Waals surface area contributed by atoms with Gasteiger partial charge in [-0.2, -0.15) is 26.3 Å². The molecular formula is C17H21F6N3S. The first-order valence-electron chi connectivity index (χ1n) is 8.41. The summed E-state index contributed by atoms with van der Waals surface area (Å²) in [6.45, 7) is 0. The van der Waals surface area contributed by atoms with Crippen LogP contribution in [0.2, 0.25) is 0 Å². The number of alkyl halides is 6. The molecule has 0 heterocycles. The van der Waals surface area contributed by atoms with Crippen LogP contribution in [0.1, 0.15) is 36.8 Å². The number of likely N-dealkylation sites (N-methyl/N-ethyl adjacent to an activating group) is 1. The Balaban J connectivity index is 2.19. The van der Waals surface area contributed by atoms with Crippen molar-refractivity contribution in [3.05, 3.63) is 29.3 Å². The second kappa shape index (κ2) is 8.22. The van der Waals surface area contributed by atoms with Gasteiger partial charge in [-0.1, -0.05) is 12.8 Å². The van der Waals surface area contributed by atoms with Crippen LogP contribution in [-0.2, 0) is 12.4 Å². The molecule has 0 amide bonds. The van der Waals surface area contributed by atoms with Crippen molar-refractivity contribution in [1.29, 1.82) is 0 Å². The highest BCUT2D eigenvalue weighted by molar-refractivity contribution is 7.80. The van der Waals surface area contributed by atoms with Gasteiger partial charge in [0.05, 0.1) is 11.1 Å². The lowest BCUT2D eigenvalue weighted by atomic mass is 9.90. The predicted octanol–water partition coefficient (Wildman–Crippen LogP) is 4.88. The quantitative estimate of drug-likeness (QED) is 0.546. The zero-order valence-electron chi connectivity index (χ0n) is 14.8. The summed E-state index contributed by atoms with van der Waals surface area (Å²) in [5.74, 6) is 0. The van der Waals surface area contributed by atoms with E-state index in [1.165, 1.54) is 0 Å². The van der Waals surface area contributed by atoms with Crippen LogP contribution in [0.25, 0.3) is 0 Å². The molecule has 1 fully saturated rings. The number of nitrogens with one attached hydrogen (secondary N) is 2. The fraction of sp³-hybridized carbons (Fsp3) is 0.588. The van der Waals surface area contributed by atoms with Crippen molar-refractivity contribution < 1.29 is 26.3 Å². The van der Waals surface area contributed by atoms with Gasteiger partial charge >= 0.3 is 12.4 Å². The molecule has 2 atom stereocenters. The molecule has 1 aromatic rings. The molecule has 3 nitrogen and oxygen atoms in total. The minimum absolute atomic E-state index is 0.00111. The first-order chi connectivity index (χ1) is 12.4. The predicted molar refractivity (Wildman–Crippen MR) is 95.5 cm³/mol. The van der Waals surface area contributed by atoms with Gasteiger partial charge < -0.3 is 15.5 Å². The third-order valence-electron chi connectivity index (χ3n) is 4.55. The fourth-order valence-electron chi connectivity index (χ4n) is 3.26. The van der Waals surface area contributed by atoms with Gasteiger partial charge in [-0.15, -0.1) is 0 Å². The lowest BCUT2D eigenvalue weighted by Crippen LogP contribution is -2.52. The highest BCUT2D eigenvalue weighted by atomic mass is 32.1. The van der Waals surface area contributed by atoms with E-state index >= 15 is 0 Å². The van der Waals surface area contributed by atoms with Gasteiger partial charge in [0.2, 0.25) is 0 Å². The van der Waals surface area contributed by atoms with Crippen LogP contribution in [0.15, 0.2) is 18.2 Å². The standard InChI is InChI=1S/C17H21F6N3S/c1-26(2)14-6-4-3-5-13(14)25-15(27)24-12-8-10(16(18,19)20)7-11(9-12)17(21,22)23/h7-9,13-14H,3-6H2,1-2H3,(H2,24,25,27). The lowest BCUT2D eigenvalue weighted by Gasteiger charge is -2.37. The van der Waals surface area contributed by atoms with Crippen LogP contribution in [-0.4, -0.2) is 36.2 Å². The number of thiocarbonyl (C=S) groups is 1. The van der Waals surface area contributed by atoms with E-state index in [0.29, 0.717) is 12.1 Å². The molecule has 0 aromatic heterocycles. The maximum atomic E-state index is 12.9. The van der Waals surface area contributed by atoms with Crippen molar-refractivity contribution >= 4 is 23.0 Å². The van der Waals surface area contributed by atoms with Crippen LogP contribution >= 0.6 is 12.2 Å². The van der Waals surface area contributed by atoms with Crippen molar-refractivity contribution in [2.45, 2.75) is 50.1 Å². The molecule has 1 aliphatic carbocycles. The van der Waals surface area contributed by atoms with Crippen LogP contribution in [0, 0.1) is 0 Å². The molecule has 152 valence electrons. The highest BCUT2D eigenvalue weighted by Gasteiger charge is 2.37. The van der Waals surface area contributed by atoms with E-state index in [1.54, 1.807) is 0 Å². The zero-order chi connectivity index (χ0) is 20.4. The molecule has 0 saturated heterocycles. The molecule has 27 heavy (non-hydrogen) atoms. The van der Waals surface area contributed by atoms with Gasteiger partial charge in [-0.25, -0.2) is 0 Å². The molecule has 2 unspecified atom stereocenters. The maximum Gasteiger partial charge on any atom is 0.416 e. The first-order valence-corrected chi connectivity index (χ1v) is 8.82. The Labute approximate surface area is 159 Å². The minimum Gasteiger partial charge on any atom is -0.358 e. The summed E-state index contributed by atoms with van der Waals surface area (Å²) in [6, 6.07) is 1.48. The minimum atomic E-state index is -4.90. The van der Waals surface area contributed by atoms with Gasteiger partial charge in [0.15, 0.2) is 5.11 Å². The van der Waals surface area contributed by atoms with Crippen LogP contribution < -0.4 is 10.6 Å². The average molecular weight is 413 g/mol. The third kappa shape index (κ3) is 5.97. The van der Waals surface area contributed by atoms with E-state index in [1.807, 2.05) is 19.0 Å². The average Bonchev–Trinajstić information content (AvgIpc) is 2.53. The zero-order valence-corrected chi connectivity index (χ0v) is 15.7. The molecule has 2 N–H and O–H groups in total. The van der Waals surface area contributed by atoms with Crippen LogP contribution in [0.3, 0.4) is 0 Å². The molecule has 2 rings (SSSR count). The third-order valence-corrected chi connectivity index (χ3v) is 4.77. The topological polar surface area (TPSA) is 27.3 Å². The van der Waals surface area contributed by atoms with Gasteiger partial charge in [-0.05, 0) is 57.4 Å². The number of benzene rings is 1. The van der Waals surface area contributed by atoms with Crippen molar-refractivity contribution in [2.24, 2.45) is 0 Å². The number of hydrogen-bond acceptors (Lipinski definition) is 2. The Kier molecular flexibility index (Phi) is 6.62. The summed E-state index contributed by atoms with van der Waals surface area (Å²) >= 11 is 5.13. The number of anilines is 1. The smallest absolute Gasteiger partial charge is 0.358 e. The summed E-state index contributed by atoms with van der Waals surface area (Å²) in [6.07, 6.45) is -6.00. The summed E-state index contributed by atoms with van der Waals surface area (Å²) in [5, 5.41) is 5.51. The summed E-state index contributed by atoms with van der Waals surface area (Å²) in [5.41, 5.74) is -3.12. The van der Waals surface area contributed by atoms with Crippen molar-refractivity contribution in [3.8, 4) is 0 Å². The summed E-state index contributed by atoms with van der Waals surface area (Å²) in [7, 11) is 3.84. The molecule has 0 bridgehead atoms. The lowest BCUT2D eigenvalue weighted by molar-refractivity contribution is -0.143. The van der Waals surface area contributed by atoms with Gasteiger partial charge in [-0.3, -0.25) is 0 Å². The summed E-state index contributed by atoms with van der Waals surface area (Å²) in [4.78, 5) is 2.03. The molecule has 1 aliphatic rings. The Morgan fingerprint density at radius 1 is 0.963 bits per heavy atom. The number of hydrogen-bond donors (Lipinski definition) is 2. The molecule has 0 aliphatic heterocycles. The number of rotatable bonds is 3. The number of halogens is 6. The fourth-order valence-corrected chi connectivity index (χ4v) is 3.53. The van der Waals surface area contributed by atoms with E-state index in [0.717, 1.165) is 25.7 Å². The Morgan fingerprint density at radius 3 is 1.96 bits per heavy atom. The summed E-state index contributed by atoms with van der Waals surface area (Å²) < 4.78 is 77.6. The van der Waals surface area contributed by atoms with Gasteiger partial charge in [0, 0.05) is 17.8 Å². The van der Waals surface area contributed by atoms with Crippen LogP contribution in [0.4, 0.5) is 32.0 Å². The Hall–Kier alpha value is -1.55. The van der Waals surface area contributed by atoms with Crippen molar-refractivity contribution in [2.75, 3.05) is 19.4 Å². The first kappa shape index (κ1) is 21.7. The second-order valence-electron chi connectivity index (χ2n) is 6.81. The van der Waals surface area contributed by atoms with E-state index < -0.39 is 23.5 Å². The Bertz CT molecular complexity index is 639. The monoisotopic (exact) mass is 413 g/mol. The van der Waals surface area contributed by atoms with E-state index in [2.05, 4.69) is 10.6 Å². The molecule has 0 spiro atoms. The van der Waals surface area contributed by atoms with E-state index in [-0.39, 0.29) is 28.9 Å². The molecular weight excluding hydrogens is 392 g/mol. The van der Waals surface area contributed by atoms with E-state index in [4.69, 9.17) is 12.2 Å².